The number of hydrogen-bond acceptors (Lipinski definition) is 3. The molecular weight excluding hydrogens is 298 g/mol. The molecule has 0 aromatic heterocycles. The van der Waals surface area contributed by atoms with E-state index in [1.807, 2.05) is 6.92 Å². The lowest BCUT2D eigenvalue weighted by atomic mass is 9.77. The monoisotopic (exact) mass is 317 g/mol. The second-order valence-corrected chi connectivity index (χ2v) is 7.47. The molecule has 0 saturated heterocycles. The van der Waals surface area contributed by atoms with Gasteiger partial charge in [0.25, 0.3) is 0 Å². The quantitative estimate of drug-likeness (QED) is 0.876. The van der Waals surface area contributed by atoms with Crippen LogP contribution in [0.25, 0.3) is 0 Å². The van der Waals surface area contributed by atoms with E-state index in [2.05, 4.69) is 4.72 Å². The predicted molar refractivity (Wildman–Crippen MR) is 79.3 cm³/mol. The molecule has 20 heavy (non-hydrogen) atoms. The van der Waals surface area contributed by atoms with Gasteiger partial charge in [-0.1, -0.05) is 24.6 Å². The van der Waals surface area contributed by atoms with E-state index in [0.717, 1.165) is 0 Å². The molecule has 1 fully saturated rings. The van der Waals surface area contributed by atoms with Gasteiger partial charge in [0.15, 0.2) is 0 Å². The van der Waals surface area contributed by atoms with Gasteiger partial charge < -0.3 is 5.11 Å². The smallest absolute Gasteiger partial charge is 0.241 e. The fraction of sp³-hybridized carbons (Fsp3) is 0.571. The van der Waals surface area contributed by atoms with E-state index in [-0.39, 0.29) is 23.0 Å². The van der Waals surface area contributed by atoms with Crippen LogP contribution in [0.15, 0.2) is 23.1 Å². The second kappa shape index (κ2) is 6.02. The zero-order valence-corrected chi connectivity index (χ0v) is 13.2. The standard InChI is InChI=1S/C14H20ClNO3S/c1-3-13(10-7-11(17)8-10)16-20(18,19)14-6-4-5-12(15)9(14)2/h4-6,10-11,13,16-17H,3,7-8H2,1-2H3. The molecule has 0 bridgehead atoms. The highest BCUT2D eigenvalue weighted by Crippen LogP contribution is 2.32. The van der Waals surface area contributed by atoms with Crippen LogP contribution in [0.1, 0.15) is 31.7 Å². The summed E-state index contributed by atoms with van der Waals surface area (Å²) in [5.74, 6) is 0.212. The van der Waals surface area contributed by atoms with E-state index in [1.54, 1.807) is 25.1 Å². The van der Waals surface area contributed by atoms with Crippen molar-refractivity contribution in [3.63, 3.8) is 0 Å². The van der Waals surface area contributed by atoms with Crippen LogP contribution in [-0.4, -0.2) is 25.7 Å². The molecule has 1 aromatic carbocycles. The van der Waals surface area contributed by atoms with Gasteiger partial charge in [-0.25, -0.2) is 13.1 Å². The summed E-state index contributed by atoms with van der Waals surface area (Å²) in [4.78, 5) is 0.225. The van der Waals surface area contributed by atoms with Gasteiger partial charge in [-0.3, -0.25) is 0 Å². The highest BCUT2D eigenvalue weighted by Gasteiger charge is 2.35. The highest BCUT2D eigenvalue weighted by atomic mass is 35.5. The van der Waals surface area contributed by atoms with Crippen molar-refractivity contribution in [1.82, 2.24) is 4.72 Å². The molecule has 0 aliphatic heterocycles. The maximum Gasteiger partial charge on any atom is 0.241 e. The molecule has 0 spiro atoms. The lowest BCUT2D eigenvalue weighted by Crippen LogP contribution is -2.46. The summed E-state index contributed by atoms with van der Waals surface area (Å²) >= 11 is 5.99. The largest absolute Gasteiger partial charge is 0.393 e. The SMILES string of the molecule is CCC(NS(=O)(=O)c1cccc(Cl)c1C)C1CC(O)C1. The van der Waals surface area contributed by atoms with Crippen molar-refractivity contribution in [3.8, 4) is 0 Å². The minimum Gasteiger partial charge on any atom is -0.393 e. The Kier molecular flexibility index (Phi) is 4.74. The molecule has 1 aliphatic carbocycles. The molecule has 0 radical (unpaired) electrons. The molecule has 4 nitrogen and oxygen atoms in total. The third-order valence-corrected chi connectivity index (χ3v) is 6.02. The van der Waals surface area contributed by atoms with Crippen LogP contribution in [0.2, 0.25) is 5.02 Å². The Labute approximate surface area is 125 Å². The molecule has 112 valence electrons. The summed E-state index contributed by atoms with van der Waals surface area (Å²) in [5.41, 5.74) is 0.560. The molecule has 1 aliphatic rings. The summed E-state index contributed by atoms with van der Waals surface area (Å²) < 4.78 is 27.7. The molecule has 1 saturated carbocycles. The average Bonchev–Trinajstić information content (AvgIpc) is 2.35. The number of rotatable bonds is 5. The average molecular weight is 318 g/mol. The first kappa shape index (κ1) is 15.8. The molecule has 1 aromatic rings. The Morgan fingerprint density at radius 1 is 1.45 bits per heavy atom. The Bertz CT molecular complexity index is 582. The van der Waals surface area contributed by atoms with E-state index in [0.29, 0.717) is 29.8 Å². The van der Waals surface area contributed by atoms with Crippen LogP contribution in [0, 0.1) is 12.8 Å². The van der Waals surface area contributed by atoms with Gasteiger partial charge in [0.2, 0.25) is 10.0 Å². The molecule has 2 rings (SSSR count). The predicted octanol–water partition coefficient (Wildman–Crippen LogP) is 2.48. The molecule has 1 atom stereocenters. The van der Waals surface area contributed by atoms with Crippen molar-refractivity contribution in [2.75, 3.05) is 0 Å². The fourth-order valence-electron chi connectivity index (χ4n) is 2.61. The van der Waals surface area contributed by atoms with Crippen LogP contribution in [0.3, 0.4) is 0 Å². The third kappa shape index (κ3) is 3.17. The number of benzene rings is 1. The van der Waals surface area contributed by atoms with Crippen LogP contribution < -0.4 is 4.72 Å². The molecule has 0 heterocycles. The van der Waals surface area contributed by atoms with Crippen LogP contribution in [-0.2, 0) is 10.0 Å². The lowest BCUT2D eigenvalue weighted by molar-refractivity contribution is 0.0277. The lowest BCUT2D eigenvalue weighted by Gasteiger charge is -2.37. The van der Waals surface area contributed by atoms with E-state index in [4.69, 9.17) is 11.6 Å². The number of aliphatic hydroxyl groups is 1. The van der Waals surface area contributed by atoms with Gasteiger partial charge in [-0.05, 0) is 49.8 Å². The number of nitrogens with one attached hydrogen (secondary N) is 1. The Morgan fingerprint density at radius 3 is 2.65 bits per heavy atom. The maximum atomic E-state index is 12.5. The topological polar surface area (TPSA) is 66.4 Å². The zero-order valence-electron chi connectivity index (χ0n) is 11.6. The Balaban J connectivity index is 2.20. The minimum atomic E-state index is -3.58. The zero-order chi connectivity index (χ0) is 14.9. The first-order valence-corrected chi connectivity index (χ1v) is 8.66. The van der Waals surface area contributed by atoms with Crippen LogP contribution in [0.5, 0.6) is 0 Å². The van der Waals surface area contributed by atoms with Crippen molar-refractivity contribution in [2.45, 2.75) is 50.2 Å². The van der Waals surface area contributed by atoms with Gasteiger partial charge in [0, 0.05) is 11.1 Å². The summed E-state index contributed by atoms with van der Waals surface area (Å²) in [7, 11) is -3.58. The first-order valence-electron chi connectivity index (χ1n) is 6.80. The first-order chi connectivity index (χ1) is 9.35. The van der Waals surface area contributed by atoms with Crippen LogP contribution in [0.4, 0.5) is 0 Å². The number of halogens is 1. The minimum absolute atomic E-state index is 0.137. The van der Waals surface area contributed by atoms with Gasteiger partial charge in [0.05, 0.1) is 11.0 Å². The highest BCUT2D eigenvalue weighted by molar-refractivity contribution is 7.89. The molecular formula is C14H20ClNO3S. The molecule has 0 amide bonds. The van der Waals surface area contributed by atoms with E-state index in [9.17, 15) is 13.5 Å². The van der Waals surface area contributed by atoms with Crippen molar-refractivity contribution in [1.29, 1.82) is 0 Å². The third-order valence-electron chi connectivity index (χ3n) is 3.97. The van der Waals surface area contributed by atoms with Crippen molar-refractivity contribution in [3.05, 3.63) is 28.8 Å². The van der Waals surface area contributed by atoms with Gasteiger partial charge in [-0.15, -0.1) is 0 Å². The Morgan fingerprint density at radius 2 is 2.10 bits per heavy atom. The maximum absolute atomic E-state index is 12.5. The van der Waals surface area contributed by atoms with Crippen molar-refractivity contribution >= 4 is 21.6 Å². The van der Waals surface area contributed by atoms with E-state index < -0.39 is 10.0 Å². The van der Waals surface area contributed by atoms with E-state index in [1.165, 1.54) is 0 Å². The number of sulfonamides is 1. The van der Waals surface area contributed by atoms with Crippen LogP contribution >= 0.6 is 11.6 Å². The van der Waals surface area contributed by atoms with Gasteiger partial charge >= 0.3 is 0 Å². The van der Waals surface area contributed by atoms with Crippen molar-refractivity contribution < 1.29 is 13.5 Å². The molecule has 2 N–H and O–H groups in total. The van der Waals surface area contributed by atoms with Gasteiger partial charge in [0.1, 0.15) is 0 Å². The molecule has 6 heteroatoms. The van der Waals surface area contributed by atoms with Gasteiger partial charge in [-0.2, -0.15) is 0 Å². The second-order valence-electron chi connectivity index (χ2n) is 5.38. The van der Waals surface area contributed by atoms with Crippen molar-refractivity contribution in [2.24, 2.45) is 5.92 Å². The normalized spacial score (nSPS) is 24.2. The number of aliphatic hydroxyl groups excluding tert-OH is 1. The molecule has 1 unspecified atom stereocenters. The summed E-state index contributed by atoms with van der Waals surface area (Å²) in [6.45, 7) is 3.65. The van der Waals surface area contributed by atoms with E-state index >= 15 is 0 Å². The summed E-state index contributed by atoms with van der Waals surface area (Å²) in [6, 6.07) is 4.74. The summed E-state index contributed by atoms with van der Waals surface area (Å²) in [5, 5.41) is 9.81. The summed E-state index contributed by atoms with van der Waals surface area (Å²) in [6.07, 6.45) is 1.74. The number of hydrogen-bond donors (Lipinski definition) is 2. The Hall–Kier alpha value is -0.620. The fourth-order valence-corrected chi connectivity index (χ4v) is 4.50.